The molecule has 1 fully saturated rings. The number of aryl methyl sites for hydroxylation is 1. The molecule has 1 saturated carbocycles. The normalized spacial score (nSPS) is 16.4. The first kappa shape index (κ1) is 16.9. The Morgan fingerprint density at radius 3 is 2.48 bits per heavy atom. The fourth-order valence-corrected chi connectivity index (χ4v) is 5.18. The monoisotopic (exact) mass is 330 g/mol. The number of hydrogen-bond acceptors (Lipinski definition) is 4. The lowest BCUT2D eigenvalue weighted by Gasteiger charge is -2.27. The maximum atomic E-state index is 12.6. The molecule has 0 bridgehead atoms. The Balaban J connectivity index is 2.13. The summed E-state index contributed by atoms with van der Waals surface area (Å²) in [5.41, 5.74) is 0.687. The van der Waals surface area contributed by atoms with E-state index in [1.165, 1.54) is 24.2 Å². The Kier molecular flexibility index (Phi) is 5.13. The van der Waals surface area contributed by atoms with E-state index in [1.807, 2.05) is 27.7 Å². The van der Waals surface area contributed by atoms with Crippen LogP contribution in [-0.2, 0) is 16.6 Å². The predicted molar refractivity (Wildman–Crippen MR) is 88.2 cm³/mol. The molecule has 1 aromatic rings. The summed E-state index contributed by atoms with van der Waals surface area (Å²) in [6, 6.07) is 2.43. The van der Waals surface area contributed by atoms with Crippen LogP contribution in [-0.4, -0.2) is 20.0 Å². The zero-order chi connectivity index (χ0) is 15.7. The molecule has 0 amide bonds. The second kappa shape index (κ2) is 6.36. The molecule has 21 heavy (non-hydrogen) atoms. The van der Waals surface area contributed by atoms with Crippen LogP contribution in [0.1, 0.15) is 56.9 Å². The minimum Gasteiger partial charge on any atom is -0.309 e. The van der Waals surface area contributed by atoms with Gasteiger partial charge < -0.3 is 5.32 Å². The van der Waals surface area contributed by atoms with Crippen molar-refractivity contribution >= 4 is 21.4 Å². The summed E-state index contributed by atoms with van der Waals surface area (Å²) in [6.45, 7) is 8.74. The van der Waals surface area contributed by atoms with Crippen molar-refractivity contribution in [1.82, 2.24) is 10.0 Å². The number of sulfonamides is 1. The third kappa shape index (κ3) is 4.28. The van der Waals surface area contributed by atoms with Gasteiger partial charge in [-0.15, -0.1) is 11.3 Å². The van der Waals surface area contributed by atoms with E-state index in [1.54, 1.807) is 6.07 Å². The number of thiophene rings is 1. The van der Waals surface area contributed by atoms with Crippen molar-refractivity contribution in [3.05, 3.63) is 16.5 Å². The average Bonchev–Trinajstić information content (AvgIpc) is 3.18. The Morgan fingerprint density at radius 1 is 1.33 bits per heavy atom. The van der Waals surface area contributed by atoms with E-state index < -0.39 is 10.0 Å². The Bertz CT molecular complexity index is 585. The van der Waals surface area contributed by atoms with E-state index in [9.17, 15) is 8.42 Å². The first-order valence-electron chi connectivity index (χ1n) is 7.66. The molecule has 0 saturated heterocycles. The van der Waals surface area contributed by atoms with Gasteiger partial charge in [0.05, 0.1) is 0 Å². The molecule has 6 heteroatoms. The van der Waals surface area contributed by atoms with Crippen LogP contribution < -0.4 is 10.0 Å². The Morgan fingerprint density at radius 2 is 1.95 bits per heavy atom. The third-order valence-corrected chi connectivity index (χ3v) is 7.68. The summed E-state index contributed by atoms with van der Waals surface area (Å²) in [4.78, 5) is 1.12. The van der Waals surface area contributed by atoms with E-state index >= 15 is 0 Å². The molecule has 1 aliphatic carbocycles. The van der Waals surface area contributed by atoms with E-state index in [0.29, 0.717) is 10.3 Å². The maximum absolute atomic E-state index is 12.6. The zero-order valence-electron chi connectivity index (χ0n) is 13.3. The van der Waals surface area contributed by atoms with E-state index in [4.69, 9.17) is 0 Å². The van der Waals surface area contributed by atoms with Gasteiger partial charge in [-0.25, -0.2) is 13.1 Å². The van der Waals surface area contributed by atoms with Crippen LogP contribution in [0.3, 0.4) is 0 Å². The van der Waals surface area contributed by atoms with Gasteiger partial charge in [-0.05, 0) is 51.2 Å². The van der Waals surface area contributed by atoms with Gasteiger partial charge in [-0.3, -0.25) is 0 Å². The number of nitrogens with one attached hydrogen (secondary N) is 2. The van der Waals surface area contributed by atoms with Gasteiger partial charge in [-0.1, -0.05) is 13.8 Å². The highest BCUT2D eigenvalue weighted by Gasteiger charge is 2.29. The first-order chi connectivity index (χ1) is 9.79. The highest BCUT2D eigenvalue weighted by molar-refractivity contribution is 7.91. The van der Waals surface area contributed by atoms with Gasteiger partial charge in [0.25, 0.3) is 10.0 Å². The Hall–Kier alpha value is -0.430. The van der Waals surface area contributed by atoms with Crippen molar-refractivity contribution in [3.63, 3.8) is 0 Å². The fraction of sp³-hybridized carbons (Fsp3) is 0.733. The summed E-state index contributed by atoms with van der Waals surface area (Å²) in [7, 11) is -3.43. The quantitative estimate of drug-likeness (QED) is 0.770. The standard InChI is InChI=1S/C15H26N2O2S2/c1-5-15(4,6-2)17-21(18,19)14-9-11(3)13(20-14)10-16-12-7-8-12/h9,12,16-17H,5-8,10H2,1-4H3. The van der Waals surface area contributed by atoms with Gasteiger partial charge in [0.1, 0.15) is 4.21 Å². The number of hydrogen-bond donors (Lipinski definition) is 2. The van der Waals surface area contributed by atoms with Crippen molar-refractivity contribution in [3.8, 4) is 0 Å². The SMILES string of the molecule is CCC(C)(CC)NS(=O)(=O)c1cc(C)c(CNC2CC2)s1. The summed E-state index contributed by atoms with van der Waals surface area (Å²) in [5, 5.41) is 3.44. The fourth-order valence-electron chi connectivity index (χ4n) is 2.09. The lowest BCUT2D eigenvalue weighted by Crippen LogP contribution is -2.44. The van der Waals surface area contributed by atoms with Crippen molar-refractivity contribution in [2.24, 2.45) is 0 Å². The van der Waals surface area contributed by atoms with Crippen molar-refractivity contribution in [2.45, 2.75) is 75.7 Å². The second-order valence-electron chi connectivity index (χ2n) is 6.20. The highest BCUT2D eigenvalue weighted by Crippen LogP contribution is 2.29. The lowest BCUT2D eigenvalue weighted by atomic mass is 9.98. The smallest absolute Gasteiger partial charge is 0.250 e. The van der Waals surface area contributed by atoms with Gasteiger partial charge in [-0.2, -0.15) is 0 Å². The largest absolute Gasteiger partial charge is 0.309 e. The molecule has 0 aromatic carbocycles. The van der Waals surface area contributed by atoms with Gasteiger partial charge in [0.15, 0.2) is 0 Å². The zero-order valence-corrected chi connectivity index (χ0v) is 15.0. The molecular formula is C15H26N2O2S2. The van der Waals surface area contributed by atoms with Gasteiger partial charge >= 0.3 is 0 Å². The van der Waals surface area contributed by atoms with Gasteiger partial charge in [0.2, 0.25) is 0 Å². The summed E-state index contributed by atoms with van der Waals surface area (Å²) >= 11 is 1.38. The van der Waals surface area contributed by atoms with Crippen LogP contribution in [0.15, 0.2) is 10.3 Å². The number of rotatable bonds is 8. The first-order valence-corrected chi connectivity index (χ1v) is 9.96. The second-order valence-corrected chi connectivity index (χ2v) is 9.25. The Labute approximate surface area is 132 Å². The molecular weight excluding hydrogens is 304 g/mol. The summed E-state index contributed by atoms with van der Waals surface area (Å²) in [5.74, 6) is 0. The average molecular weight is 331 g/mol. The molecule has 0 radical (unpaired) electrons. The molecule has 4 nitrogen and oxygen atoms in total. The van der Waals surface area contributed by atoms with Crippen molar-refractivity contribution in [1.29, 1.82) is 0 Å². The molecule has 2 N–H and O–H groups in total. The van der Waals surface area contributed by atoms with Gasteiger partial charge in [0, 0.05) is 23.0 Å². The molecule has 2 rings (SSSR count). The lowest BCUT2D eigenvalue weighted by molar-refractivity contribution is 0.389. The van der Waals surface area contributed by atoms with Crippen LogP contribution in [0.5, 0.6) is 0 Å². The minimum atomic E-state index is -3.43. The molecule has 0 unspecified atom stereocenters. The van der Waals surface area contributed by atoms with Crippen LogP contribution in [0, 0.1) is 6.92 Å². The topological polar surface area (TPSA) is 58.2 Å². The van der Waals surface area contributed by atoms with Crippen LogP contribution in [0.25, 0.3) is 0 Å². The molecule has 1 aliphatic rings. The molecule has 120 valence electrons. The molecule has 1 heterocycles. The van der Waals surface area contributed by atoms with E-state index in [0.717, 1.165) is 29.8 Å². The van der Waals surface area contributed by atoms with Crippen LogP contribution in [0.2, 0.25) is 0 Å². The predicted octanol–water partition coefficient (Wildman–Crippen LogP) is 3.17. The van der Waals surface area contributed by atoms with Crippen LogP contribution in [0.4, 0.5) is 0 Å². The van der Waals surface area contributed by atoms with Crippen LogP contribution >= 0.6 is 11.3 Å². The van der Waals surface area contributed by atoms with E-state index in [-0.39, 0.29) is 5.54 Å². The maximum Gasteiger partial charge on any atom is 0.250 e. The van der Waals surface area contributed by atoms with E-state index in [2.05, 4.69) is 10.0 Å². The molecule has 1 aromatic heterocycles. The highest BCUT2D eigenvalue weighted by atomic mass is 32.2. The molecule has 0 spiro atoms. The minimum absolute atomic E-state index is 0.372. The third-order valence-electron chi connectivity index (χ3n) is 4.33. The van der Waals surface area contributed by atoms with Crippen molar-refractivity contribution < 1.29 is 8.42 Å². The summed E-state index contributed by atoms with van der Waals surface area (Å²) < 4.78 is 28.4. The molecule has 0 atom stereocenters. The molecule has 0 aliphatic heterocycles. The van der Waals surface area contributed by atoms with Crippen molar-refractivity contribution in [2.75, 3.05) is 0 Å². The summed E-state index contributed by atoms with van der Waals surface area (Å²) in [6.07, 6.45) is 4.04.